The van der Waals surface area contributed by atoms with Crippen LogP contribution in [0.3, 0.4) is 0 Å². The Bertz CT molecular complexity index is 375. The Balaban J connectivity index is 2.27. The molecule has 1 aromatic carbocycles. The van der Waals surface area contributed by atoms with Crippen molar-refractivity contribution in [2.24, 2.45) is 5.73 Å². The van der Waals surface area contributed by atoms with Gasteiger partial charge in [-0.25, -0.2) is 4.39 Å². The molecule has 2 N–H and O–H groups in total. The van der Waals surface area contributed by atoms with Crippen LogP contribution in [0.4, 0.5) is 4.39 Å². The van der Waals surface area contributed by atoms with Crippen molar-refractivity contribution in [3.8, 4) is 0 Å². The average molecular weight is 250 g/mol. The van der Waals surface area contributed by atoms with Crippen molar-refractivity contribution in [3.05, 3.63) is 35.6 Å². The van der Waals surface area contributed by atoms with Crippen molar-refractivity contribution in [2.45, 2.75) is 44.7 Å². The fraction of sp³-hybridized carbons (Fsp3) is 0.600. The lowest BCUT2D eigenvalue weighted by Crippen LogP contribution is -2.43. The number of nitrogens with zero attached hydrogens (tertiary/aromatic N) is 1. The van der Waals surface area contributed by atoms with Crippen LogP contribution in [0, 0.1) is 5.82 Å². The van der Waals surface area contributed by atoms with E-state index in [1.165, 1.54) is 25.3 Å². The summed E-state index contributed by atoms with van der Waals surface area (Å²) in [5.41, 5.74) is 7.00. The molecule has 0 amide bonds. The Morgan fingerprint density at radius 3 is 2.50 bits per heavy atom. The monoisotopic (exact) mass is 250 g/mol. The highest BCUT2D eigenvalue weighted by Gasteiger charge is 2.28. The van der Waals surface area contributed by atoms with Gasteiger partial charge in [0, 0.05) is 11.6 Å². The molecule has 2 unspecified atom stereocenters. The van der Waals surface area contributed by atoms with Gasteiger partial charge in [-0.05, 0) is 38.4 Å². The number of benzene rings is 1. The Kier molecular flexibility index (Phi) is 4.72. The second-order valence-electron chi connectivity index (χ2n) is 5.14. The van der Waals surface area contributed by atoms with Gasteiger partial charge in [0.15, 0.2) is 0 Å². The van der Waals surface area contributed by atoms with Crippen LogP contribution in [-0.4, -0.2) is 24.0 Å². The highest BCUT2D eigenvalue weighted by Crippen LogP contribution is 2.29. The zero-order chi connectivity index (χ0) is 13.0. The Morgan fingerprint density at radius 1 is 1.22 bits per heavy atom. The summed E-state index contributed by atoms with van der Waals surface area (Å²) >= 11 is 0. The third-order valence-electron chi connectivity index (χ3n) is 3.88. The van der Waals surface area contributed by atoms with E-state index in [1.807, 2.05) is 12.1 Å². The summed E-state index contributed by atoms with van der Waals surface area (Å²) in [5, 5.41) is 0. The first-order valence-corrected chi connectivity index (χ1v) is 6.98. The van der Waals surface area contributed by atoms with E-state index < -0.39 is 0 Å². The third-order valence-corrected chi connectivity index (χ3v) is 3.88. The molecule has 0 saturated carbocycles. The molecule has 0 bridgehead atoms. The first-order chi connectivity index (χ1) is 8.74. The summed E-state index contributed by atoms with van der Waals surface area (Å²) in [4.78, 5) is 2.36. The molecule has 1 heterocycles. The minimum Gasteiger partial charge on any atom is -0.326 e. The topological polar surface area (TPSA) is 29.3 Å². The summed E-state index contributed by atoms with van der Waals surface area (Å²) in [7, 11) is 0. The van der Waals surface area contributed by atoms with Gasteiger partial charge in [-0.2, -0.15) is 0 Å². The van der Waals surface area contributed by atoms with Crippen LogP contribution in [-0.2, 0) is 0 Å². The van der Waals surface area contributed by atoms with Crippen molar-refractivity contribution >= 4 is 0 Å². The number of nitrogens with two attached hydrogens (primary N) is 1. The molecule has 2 nitrogen and oxygen atoms in total. The van der Waals surface area contributed by atoms with Gasteiger partial charge >= 0.3 is 0 Å². The molecule has 18 heavy (non-hydrogen) atoms. The molecule has 2 atom stereocenters. The van der Waals surface area contributed by atoms with Crippen molar-refractivity contribution in [1.29, 1.82) is 0 Å². The molecule has 0 aliphatic carbocycles. The van der Waals surface area contributed by atoms with E-state index in [1.54, 1.807) is 6.07 Å². The van der Waals surface area contributed by atoms with Crippen molar-refractivity contribution in [1.82, 2.24) is 4.90 Å². The maximum atomic E-state index is 14.0. The Labute approximate surface area is 109 Å². The van der Waals surface area contributed by atoms with E-state index in [0.29, 0.717) is 0 Å². The molecule has 3 heteroatoms. The van der Waals surface area contributed by atoms with Crippen LogP contribution in [0.5, 0.6) is 0 Å². The minimum absolute atomic E-state index is 0.000000000000000222. The molecule has 1 saturated heterocycles. The van der Waals surface area contributed by atoms with Crippen LogP contribution >= 0.6 is 0 Å². The second-order valence-corrected chi connectivity index (χ2v) is 5.14. The summed E-state index contributed by atoms with van der Waals surface area (Å²) in [6.07, 6.45) is 4.54. The van der Waals surface area contributed by atoms with Crippen LogP contribution in [0.2, 0.25) is 0 Å². The molecule has 0 radical (unpaired) electrons. The van der Waals surface area contributed by atoms with Crippen molar-refractivity contribution in [3.63, 3.8) is 0 Å². The SMILES string of the molecule is CCC(N)C(c1ccccc1F)N1CCCCC1. The number of rotatable bonds is 4. The van der Waals surface area contributed by atoms with Gasteiger partial charge in [0.25, 0.3) is 0 Å². The summed E-state index contributed by atoms with van der Waals surface area (Å²) < 4.78 is 14.0. The largest absolute Gasteiger partial charge is 0.326 e. The Morgan fingerprint density at radius 2 is 1.89 bits per heavy atom. The minimum atomic E-state index is -0.128. The molecular weight excluding hydrogens is 227 g/mol. The lowest BCUT2D eigenvalue weighted by Gasteiger charge is -2.38. The van der Waals surface area contributed by atoms with Crippen LogP contribution in [0.15, 0.2) is 24.3 Å². The summed E-state index contributed by atoms with van der Waals surface area (Å²) in [5.74, 6) is -0.128. The molecule has 2 rings (SSSR count). The van der Waals surface area contributed by atoms with E-state index >= 15 is 0 Å². The van der Waals surface area contributed by atoms with Crippen molar-refractivity contribution < 1.29 is 4.39 Å². The first-order valence-electron chi connectivity index (χ1n) is 6.98. The number of piperidine rings is 1. The lowest BCUT2D eigenvalue weighted by molar-refractivity contribution is 0.137. The highest BCUT2D eigenvalue weighted by atomic mass is 19.1. The quantitative estimate of drug-likeness (QED) is 0.889. The maximum absolute atomic E-state index is 14.0. The first kappa shape index (κ1) is 13.5. The predicted molar refractivity (Wildman–Crippen MR) is 72.8 cm³/mol. The van der Waals surface area contributed by atoms with Gasteiger partial charge in [0.2, 0.25) is 0 Å². The van der Waals surface area contributed by atoms with Gasteiger partial charge < -0.3 is 5.73 Å². The second kappa shape index (κ2) is 6.30. The number of hydrogen-bond donors (Lipinski definition) is 1. The highest BCUT2D eigenvalue weighted by molar-refractivity contribution is 5.23. The van der Waals surface area contributed by atoms with E-state index in [4.69, 9.17) is 5.73 Å². The summed E-state index contributed by atoms with van der Waals surface area (Å²) in [6.45, 7) is 4.14. The van der Waals surface area contributed by atoms with Gasteiger partial charge in [-0.1, -0.05) is 31.5 Å². The number of likely N-dealkylation sites (tertiary alicyclic amines) is 1. The van der Waals surface area contributed by atoms with Crippen molar-refractivity contribution in [2.75, 3.05) is 13.1 Å². The zero-order valence-corrected chi connectivity index (χ0v) is 11.1. The summed E-state index contributed by atoms with van der Waals surface area (Å²) in [6, 6.07) is 7.08. The van der Waals surface area contributed by atoms with Crippen LogP contribution < -0.4 is 5.73 Å². The molecule has 100 valence electrons. The molecule has 1 aromatic rings. The third kappa shape index (κ3) is 2.90. The molecule has 0 spiro atoms. The van der Waals surface area contributed by atoms with Crippen LogP contribution in [0.1, 0.15) is 44.2 Å². The van der Waals surface area contributed by atoms with E-state index in [0.717, 1.165) is 25.1 Å². The number of halogens is 1. The lowest BCUT2D eigenvalue weighted by atomic mass is 9.94. The Hall–Kier alpha value is -0.930. The van der Waals surface area contributed by atoms with Gasteiger partial charge in [0.05, 0.1) is 6.04 Å². The normalized spacial score (nSPS) is 20.6. The fourth-order valence-corrected chi connectivity index (χ4v) is 2.83. The van der Waals surface area contributed by atoms with Gasteiger partial charge in [-0.15, -0.1) is 0 Å². The molecule has 0 aromatic heterocycles. The van der Waals surface area contributed by atoms with Gasteiger partial charge in [-0.3, -0.25) is 4.90 Å². The number of hydrogen-bond acceptors (Lipinski definition) is 2. The molecular formula is C15H23FN2. The fourth-order valence-electron chi connectivity index (χ4n) is 2.83. The smallest absolute Gasteiger partial charge is 0.128 e. The maximum Gasteiger partial charge on any atom is 0.128 e. The molecule has 1 aliphatic rings. The molecule has 1 aliphatic heterocycles. The average Bonchev–Trinajstić information content (AvgIpc) is 2.42. The van der Waals surface area contributed by atoms with E-state index in [-0.39, 0.29) is 17.9 Å². The van der Waals surface area contributed by atoms with E-state index in [2.05, 4.69) is 11.8 Å². The standard InChI is InChI=1S/C15H23FN2/c1-2-14(17)15(18-10-6-3-7-11-18)12-8-4-5-9-13(12)16/h4-5,8-9,14-15H,2-3,6-7,10-11,17H2,1H3. The predicted octanol–water partition coefficient (Wildman–Crippen LogP) is 3.09. The molecule has 1 fully saturated rings. The van der Waals surface area contributed by atoms with Gasteiger partial charge in [0.1, 0.15) is 5.82 Å². The zero-order valence-electron chi connectivity index (χ0n) is 11.1. The van der Waals surface area contributed by atoms with Crippen LogP contribution in [0.25, 0.3) is 0 Å². The van der Waals surface area contributed by atoms with E-state index in [9.17, 15) is 4.39 Å².